The molecule has 0 aromatic carbocycles. The zero-order valence-corrected chi connectivity index (χ0v) is 15.1. The van der Waals surface area contributed by atoms with Gasteiger partial charge < -0.3 is 0 Å². The van der Waals surface area contributed by atoms with Gasteiger partial charge in [-0.1, -0.05) is 67.2 Å². The summed E-state index contributed by atoms with van der Waals surface area (Å²) in [6.07, 6.45) is 9.66. The first-order chi connectivity index (χ1) is 9.01. The largest absolute Gasteiger partial charge is 0.300 e. The van der Waals surface area contributed by atoms with Crippen LogP contribution in [0.15, 0.2) is 0 Å². The van der Waals surface area contributed by atoms with E-state index in [1.807, 2.05) is 0 Å². The van der Waals surface area contributed by atoms with Crippen molar-refractivity contribution in [3.63, 3.8) is 0 Å². The number of carbonyl (C=O) groups excluding carboxylic acids is 1. The van der Waals surface area contributed by atoms with Crippen molar-refractivity contribution in [2.24, 2.45) is 16.7 Å². The number of carbonyl (C=O) groups is 1. The van der Waals surface area contributed by atoms with Crippen LogP contribution in [0.5, 0.6) is 0 Å². The Hall–Kier alpha value is -0.330. The van der Waals surface area contributed by atoms with Crippen LogP contribution in [0.3, 0.4) is 0 Å². The number of unbranched alkanes of at least 4 members (excludes halogenated alkanes) is 2. The summed E-state index contributed by atoms with van der Waals surface area (Å²) >= 11 is 0. The zero-order valence-electron chi connectivity index (χ0n) is 15.1. The van der Waals surface area contributed by atoms with Gasteiger partial charge in [-0.05, 0) is 43.4 Å². The normalized spacial score (nSPS) is 13.0. The molecule has 0 fully saturated rings. The predicted octanol–water partition coefficient (Wildman–Crippen LogP) is 6.40. The average molecular weight is 283 g/mol. The first-order valence-electron chi connectivity index (χ1n) is 8.52. The summed E-state index contributed by atoms with van der Waals surface area (Å²) in [4.78, 5) is 11.7. The lowest BCUT2D eigenvalue weighted by atomic mass is 9.85. The maximum absolute atomic E-state index is 11.7. The Morgan fingerprint density at radius 2 is 1.10 bits per heavy atom. The van der Waals surface area contributed by atoms with Crippen molar-refractivity contribution in [2.75, 3.05) is 0 Å². The lowest BCUT2D eigenvalue weighted by Crippen LogP contribution is -2.12. The Labute approximate surface area is 127 Å². The summed E-state index contributed by atoms with van der Waals surface area (Å²) in [6, 6.07) is 0. The smallest absolute Gasteiger partial charge is 0.132 e. The molecule has 0 N–H and O–H groups in total. The van der Waals surface area contributed by atoms with Crippen LogP contribution in [-0.4, -0.2) is 5.78 Å². The summed E-state index contributed by atoms with van der Waals surface area (Å²) in [7, 11) is 0. The van der Waals surface area contributed by atoms with Crippen LogP contribution < -0.4 is 0 Å². The highest BCUT2D eigenvalue weighted by Crippen LogP contribution is 2.26. The fourth-order valence-corrected chi connectivity index (χ4v) is 2.64. The summed E-state index contributed by atoms with van der Waals surface area (Å²) < 4.78 is 0. The van der Waals surface area contributed by atoms with E-state index >= 15 is 0 Å². The zero-order chi connectivity index (χ0) is 15.8. The van der Waals surface area contributed by atoms with Crippen molar-refractivity contribution in [2.45, 2.75) is 99.8 Å². The van der Waals surface area contributed by atoms with Crippen LogP contribution in [0.25, 0.3) is 0 Å². The molecule has 0 aliphatic rings. The second-order valence-corrected chi connectivity index (χ2v) is 8.92. The van der Waals surface area contributed by atoms with Crippen molar-refractivity contribution < 1.29 is 4.79 Å². The summed E-state index contributed by atoms with van der Waals surface area (Å²) in [6.45, 7) is 15.5. The summed E-state index contributed by atoms with van der Waals surface area (Å²) in [5, 5.41) is 0. The molecule has 0 heterocycles. The van der Waals surface area contributed by atoms with E-state index in [1.54, 1.807) is 6.92 Å². The quantitative estimate of drug-likeness (QED) is 0.447. The molecular weight excluding hydrogens is 244 g/mol. The van der Waals surface area contributed by atoms with E-state index in [4.69, 9.17) is 0 Å². The van der Waals surface area contributed by atoms with Gasteiger partial charge in [0.1, 0.15) is 5.78 Å². The highest BCUT2D eigenvalue weighted by Gasteiger charge is 2.16. The first kappa shape index (κ1) is 19.7. The molecule has 20 heavy (non-hydrogen) atoms. The average Bonchev–Trinajstić information content (AvgIpc) is 2.23. The maximum Gasteiger partial charge on any atom is 0.132 e. The number of ketones is 1. The maximum atomic E-state index is 11.7. The third-order valence-electron chi connectivity index (χ3n) is 4.03. The van der Waals surface area contributed by atoms with Gasteiger partial charge in [0, 0.05) is 5.92 Å². The molecule has 0 saturated heterocycles. The van der Waals surface area contributed by atoms with E-state index in [1.165, 1.54) is 38.5 Å². The van der Waals surface area contributed by atoms with Crippen LogP contribution in [0.1, 0.15) is 99.8 Å². The minimum absolute atomic E-state index is 0.315. The molecule has 0 aromatic heterocycles. The highest BCUT2D eigenvalue weighted by molar-refractivity contribution is 5.78. The van der Waals surface area contributed by atoms with Gasteiger partial charge in [-0.3, -0.25) is 4.79 Å². The molecular formula is C19H38O. The van der Waals surface area contributed by atoms with Crippen LogP contribution >= 0.6 is 0 Å². The lowest BCUT2D eigenvalue weighted by Gasteiger charge is -2.20. The molecule has 0 radical (unpaired) electrons. The second kappa shape index (κ2) is 8.85. The molecule has 0 aliphatic heterocycles. The van der Waals surface area contributed by atoms with Gasteiger partial charge in [-0.25, -0.2) is 0 Å². The van der Waals surface area contributed by atoms with Crippen molar-refractivity contribution in [3.8, 4) is 0 Å². The van der Waals surface area contributed by atoms with E-state index < -0.39 is 0 Å². The van der Waals surface area contributed by atoms with Crippen molar-refractivity contribution in [1.82, 2.24) is 0 Å². The number of Topliss-reactive ketones (excluding diaryl/α,β-unsaturated/α-hetero) is 1. The molecule has 0 aliphatic carbocycles. The lowest BCUT2D eigenvalue weighted by molar-refractivity contribution is -0.121. The van der Waals surface area contributed by atoms with Gasteiger partial charge in [0.2, 0.25) is 0 Å². The van der Waals surface area contributed by atoms with E-state index in [2.05, 4.69) is 41.5 Å². The van der Waals surface area contributed by atoms with E-state index in [-0.39, 0.29) is 0 Å². The van der Waals surface area contributed by atoms with Crippen molar-refractivity contribution >= 4 is 5.78 Å². The molecule has 0 spiro atoms. The Balaban J connectivity index is 3.86. The minimum Gasteiger partial charge on any atom is -0.300 e. The van der Waals surface area contributed by atoms with E-state index in [9.17, 15) is 4.79 Å². The van der Waals surface area contributed by atoms with Crippen LogP contribution in [0.4, 0.5) is 0 Å². The van der Waals surface area contributed by atoms with Gasteiger partial charge in [0.15, 0.2) is 0 Å². The summed E-state index contributed by atoms with van der Waals surface area (Å²) in [5.74, 6) is 0.714. The van der Waals surface area contributed by atoms with Crippen molar-refractivity contribution in [3.05, 3.63) is 0 Å². The molecule has 0 aromatic rings. The van der Waals surface area contributed by atoms with Gasteiger partial charge in [-0.2, -0.15) is 0 Å². The van der Waals surface area contributed by atoms with Gasteiger partial charge in [0.25, 0.3) is 0 Å². The fourth-order valence-electron chi connectivity index (χ4n) is 2.64. The van der Waals surface area contributed by atoms with Gasteiger partial charge >= 0.3 is 0 Å². The third kappa shape index (κ3) is 12.7. The van der Waals surface area contributed by atoms with Gasteiger partial charge in [0.05, 0.1) is 0 Å². The van der Waals surface area contributed by atoms with Crippen LogP contribution in [-0.2, 0) is 4.79 Å². The Morgan fingerprint density at radius 1 is 0.750 bits per heavy atom. The number of hydrogen-bond acceptors (Lipinski definition) is 1. The molecule has 0 unspecified atom stereocenters. The topological polar surface area (TPSA) is 17.1 Å². The first-order valence-corrected chi connectivity index (χ1v) is 8.52. The molecule has 1 heteroatoms. The molecule has 0 atom stereocenters. The second-order valence-electron chi connectivity index (χ2n) is 8.92. The molecule has 1 nitrogen and oxygen atoms in total. The molecule has 0 bridgehead atoms. The number of hydrogen-bond donors (Lipinski definition) is 0. The highest BCUT2D eigenvalue weighted by atomic mass is 16.1. The third-order valence-corrected chi connectivity index (χ3v) is 4.03. The van der Waals surface area contributed by atoms with Crippen LogP contribution in [0, 0.1) is 16.7 Å². The minimum atomic E-state index is 0.315. The van der Waals surface area contributed by atoms with Crippen LogP contribution in [0.2, 0.25) is 0 Å². The Kier molecular flexibility index (Phi) is 8.70. The Morgan fingerprint density at radius 3 is 1.35 bits per heavy atom. The van der Waals surface area contributed by atoms with E-state index in [0.29, 0.717) is 22.5 Å². The standard InChI is InChI=1S/C19H38O/c1-16(20)17(12-8-10-14-18(2,3)4)13-9-11-15-19(5,6)7/h17H,8-15H2,1-7H3. The fraction of sp³-hybridized carbons (Fsp3) is 0.947. The number of rotatable bonds is 9. The summed E-state index contributed by atoms with van der Waals surface area (Å²) in [5.41, 5.74) is 0.858. The molecule has 0 amide bonds. The monoisotopic (exact) mass is 282 g/mol. The SMILES string of the molecule is CC(=O)C(CCCCC(C)(C)C)CCCCC(C)(C)C. The molecule has 0 rings (SSSR count). The predicted molar refractivity (Wildman–Crippen MR) is 90.0 cm³/mol. The van der Waals surface area contributed by atoms with Gasteiger partial charge in [-0.15, -0.1) is 0 Å². The molecule has 120 valence electrons. The molecule has 0 saturated carbocycles. The van der Waals surface area contributed by atoms with E-state index in [0.717, 1.165) is 12.8 Å². The Bertz CT molecular complexity index is 242. The van der Waals surface area contributed by atoms with Crippen molar-refractivity contribution in [1.29, 1.82) is 0 Å².